The molecule has 2 N–H and O–H groups in total. The molecule has 1 heterocycles. The Morgan fingerprint density at radius 3 is 2.86 bits per heavy atom. The highest BCUT2D eigenvalue weighted by molar-refractivity contribution is 7.99. The molecule has 0 bridgehead atoms. The van der Waals surface area contributed by atoms with Gasteiger partial charge in [0.1, 0.15) is 17.1 Å². The number of ether oxygens (including phenoxy) is 1. The SMILES string of the molecule is O=C(COc1ccc(F)cc1Cl)NC1(C(=O)O)CCSC1. The Bertz CT molecular complexity index is 563. The summed E-state index contributed by atoms with van der Waals surface area (Å²) in [5.74, 6) is -0.952. The molecule has 114 valence electrons. The van der Waals surface area contributed by atoms with Gasteiger partial charge in [0, 0.05) is 5.75 Å². The van der Waals surface area contributed by atoms with Crippen LogP contribution in [0.3, 0.4) is 0 Å². The maximum absolute atomic E-state index is 12.9. The summed E-state index contributed by atoms with van der Waals surface area (Å²) in [6, 6.07) is 3.54. The van der Waals surface area contributed by atoms with Crippen molar-refractivity contribution in [2.45, 2.75) is 12.0 Å². The van der Waals surface area contributed by atoms with Gasteiger partial charge in [-0.05, 0) is 30.4 Å². The fraction of sp³-hybridized carbons (Fsp3) is 0.385. The number of hydrogen-bond acceptors (Lipinski definition) is 4. The molecule has 1 aromatic rings. The van der Waals surface area contributed by atoms with Crippen LogP contribution in [-0.2, 0) is 9.59 Å². The van der Waals surface area contributed by atoms with Crippen LogP contribution < -0.4 is 10.1 Å². The third-order valence-electron chi connectivity index (χ3n) is 3.06. The Kier molecular flexibility index (Phi) is 4.95. The van der Waals surface area contributed by atoms with Gasteiger partial charge in [-0.15, -0.1) is 0 Å². The number of aliphatic carboxylic acids is 1. The van der Waals surface area contributed by atoms with E-state index in [0.717, 1.165) is 12.1 Å². The monoisotopic (exact) mass is 333 g/mol. The van der Waals surface area contributed by atoms with Crippen molar-refractivity contribution in [2.75, 3.05) is 18.1 Å². The van der Waals surface area contributed by atoms with E-state index in [0.29, 0.717) is 17.9 Å². The summed E-state index contributed by atoms with van der Waals surface area (Å²) in [4.78, 5) is 23.1. The standard InChI is InChI=1S/C13H13ClFNO4S/c14-9-5-8(15)1-2-10(9)20-6-11(17)16-13(12(18)19)3-4-21-7-13/h1-2,5H,3-4,6-7H2,(H,16,17)(H,18,19). The van der Waals surface area contributed by atoms with Crippen molar-refractivity contribution in [2.24, 2.45) is 0 Å². The molecule has 5 nitrogen and oxygen atoms in total. The summed E-state index contributed by atoms with van der Waals surface area (Å²) < 4.78 is 18.0. The van der Waals surface area contributed by atoms with E-state index in [4.69, 9.17) is 16.3 Å². The molecular formula is C13H13ClFNO4S. The summed E-state index contributed by atoms with van der Waals surface area (Å²) in [6.07, 6.45) is 0.371. The Labute approximate surface area is 129 Å². The number of rotatable bonds is 5. The van der Waals surface area contributed by atoms with Crippen LogP contribution in [0.5, 0.6) is 5.75 Å². The van der Waals surface area contributed by atoms with Crippen molar-refractivity contribution >= 4 is 35.2 Å². The normalized spacial score (nSPS) is 21.0. The highest BCUT2D eigenvalue weighted by atomic mass is 35.5. The van der Waals surface area contributed by atoms with Crippen LogP contribution >= 0.6 is 23.4 Å². The molecule has 0 saturated carbocycles. The van der Waals surface area contributed by atoms with Crippen molar-refractivity contribution in [3.05, 3.63) is 29.0 Å². The van der Waals surface area contributed by atoms with Gasteiger partial charge in [-0.3, -0.25) is 4.79 Å². The minimum absolute atomic E-state index is 0.0483. The van der Waals surface area contributed by atoms with E-state index >= 15 is 0 Å². The number of carboxylic acid groups (broad SMARTS) is 1. The fourth-order valence-electron chi connectivity index (χ4n) is 1.92. The lowest BCUT2D eigenvalue weighted by molar-refractivity contribution is -0.146. The average Bonchev–Trinajstić information content (AvgIpc) is 2.87. The van der Waals surface area contributed by atoms with E-state index in [-0.39, 0.29) is 17.4 Å². The van der Waals surface area contributed by atoms with Crippen molar-refractivity contribution in [3.8, 4) is 5.75 Å². The predicted molar refractivity (Wildman–Crippen MR) is 77.4 cm³/mol. The first kappa shape index (κ1) is 15.9. The van der Waals surface area contributed by atoms with Crippen molar-refractivity contribution < 1.29 is 23.8 Å². The molecule has 1 amide bonds. The molecule has 1 fully saturated rings. The van der Waals surface area contributed by atoms with Crippen LogP contribution in [0.4, 0.5) is 4.39 Å². The lowest BCUT2D eigenvalue weighted by Crippen LogP contribution is -2.55. The first-order valence-electron chi connectivity index (χ1n) is 6.13. The topological polar surface area (TPSA) is 75.6 Å². The summed E-state index contributed by atoms with van der Waals surface area (Å²) in [5.41, 5.74) is -1.24. The predicted octanol–water partition coefficient (Wildman–Crippen LogP) is 1.93. The minimum atomic E-state index is -1.24. The summed E-state index contributed by atoms with van der Waals surface area (Å²) in [5, 5.41) is 11.8. The van der Waals surface area contributed by atoms with Crippen LogP contribution in [-0.4, -0.2) is 40.6 Å². The fourth-order valence-corrected chi connectivity index (χ4v) is 3.47. The Morgan fingerprint density at radius 1 is 1.52 bits per heavy atom. The van der Waals surface area contributed by atoms with Gasteiger partial charge in [0.25, 0.3) is 5.91 Å². The van der Waals surface area contributed by atoms with Gasteiger partial charge in [-0.25, -0.2) is 9.18 Å². The number of halogens is 2. The molecule has 1 atom stereocenters. The molecule has 0 spiro atoms. The lowest BCUT2D eigenvalue weighted by atomic mass is 9.99. The van der Waals surface area contributed by atoms with Gasteiger partial charge in [0.05, 0.1) is 5.02 Å². The van der Waals surface area contributed by atoms with Gasteiger partial charge in [-0.1, -0.05) is 11.6 Å². The van der Waals surface area contributed by atoms with Crippen LogP contribution in [0.15, 0.2) is 18.2 Å². The van der Waals surface area contributed by atoms with Crippen molar-refractivity contribution in [1.82, 2.24) is 5.32 Å². The molecule has 1 unspecified atom stereocenters. The third-order valence-corrected chi connectivity index (χ3v) is 4.55. The number of thioether (sulfide) groups is 1. The van der Waals surface area contributed by atoms with Crippen molar-refractivity contribution in [3.63, 3.8) is 0 Å². The first-order chi connectivity index (χ1) is 9.93. The lowest BCUT2D eigenvalue weighted by Gasteiger charge is -2.24. The molecule has 8 heteroatoms. The number of amides is 1. The molecule has 0 aromatic heterocycles. The van der Waals surface area contributed by atoms with Gasteiger partial charge in [-0.2, -0.15) is 11.8 Å². The number of carbonyl (C=O) groups is 2. The second-order valence-corrected chi connectivity index (χ2v) is 6.11. The zero-order valence-electron chi connectivity index (χ0n) is 10.9. The van der Waals surface area contributed by atoms with E-state index in [1.54, 1.807) is 0 Å². The zero-order chi connectivity index (χ0) is 15.5. The number of nitrogens with one attached hydrogen (secondary N) is 1. The van der Waals surface area contributed by atoms with Gasteiger partial charge in [0.15, 0.2) is 6.61 Å². The van der Waals surface area contributed by atoms with Crippen LogP contribution in [0.2, 0.25) is 5.02 Å². The first-order valence-corrected chi connectivity index (χ1v) is 7.66. The second-order valence-electron chi connectivity index (χ2n) is 4.60. The van der Waals surface area contributed by atoms with Gasteiger partial charge in [0.2, 0.25) is 0 Å². The Morgan fingerprint density at radius 2 is 2.29 bits per heavy atom. The quantitative estimate of drug-likeness (QED) is 0.861. The Hall–Kier alpha value is -1.47. The summed E-state index contributed by atoms with van der Waals surface area (Å²) in [6.45, 7) is -0.384. The molecule has 1 aliphatic rings. The molecule has 2 rings (SSSR count). The van der Waals surface area contributed by atoms with Gasteiger partial charge >= 0.3 is 5.97 Å². The van der Waals surface area contributed by atoms with Gasteiger partial charge < -0.3 is 15.2 Å². The zero-order valence-corrected chi connectivity index (χ0v) is 12.5. The van der Waals surface area contributed by atoms with E-state index in [2.05, 4.69) is 5.32 Å². The van der Waals surface area contributed by atoms with Crippen molar-refractivity contribution in [1.29, 1.82) is 0 Å². The number of carbonyl (C=O) groups excluding carboxylic acids is 1. The molecular weight excluding hydrogens is 321 g/mol. The third kappa shape index (κ3) is 3.79. The van der Waals surface area contributed by atoms with Crippen LogP contribution in [0.1, 0.15) is 6.42 Å². The van der Waals surface area contributed by atoms with E-state index in [9.17, 15) is 19.1 Å². The maximum atomic E-state index is 12.9. The number of hydrogen-bond donors (Lipinski definition) is 2. The second kappa shape index (κ2) is 6.53. The van der Waals surface area contributed by atoms with E-state index in [1.807, 2.05) is 0 Å². The van der Waals surface area contributed by atoms with Crippen LogP contribution in [0.25, 0.3) is 0 Å². The average molecular weight is 334 g/mol. The summed E-state index contributed by atoms with van der Waals surface area (Å²) in [7, 11) is 0. The van der Waals surface area contributed by atoms with E-state index in [1.165, 1.54) is 17.8 Å². The molecule has 1 saturated heterocycles. The number of benzene rings is 1. The molecule has 1 aromatic carbocycles. The molecule has 0 radical (unpaired) electrons. The molecule has 1 aliphatic heterocycles. The summed E-state index contributed by atoms with van der Waals surface area (Å²) >= 11 is 7.24. The number of carboxylic acids is 1. The molecule has 21 heavy (non-hydrogen) atoms. The largest absolute Gasteiger partial charge is 0.482 e. The van der Waals surface area contributed by atoms with Crippen LogP contribution in [0, 0.1) is 5.82 Å². The highest BCUT2D eigenvalue weighted by Gasteiger charge is 2.43. The minimum Gasteiger partial charge on any atom is -0.482 e. The highest BCUT2D eigenvalue weighted by Crippen LogP contribution is 2.28. The smallest absolute Gasteiger partial charge is 0.330 e. The maximum Gasteiger partial charge on any atom is 0.330 e. The molecule has 0 aliphatic carbocycles. The van der Waals surface area contributed by atoms with E-state index < -0.39 is 23.2 Å². The Balaban J connectivity index is 1.94.